The molecule has 3 rings (SSSR count). The first-order valence-electron chi connectivity index (χ1n) is 8.51. The maximum atomic E-state index is 13.3. The third kappa shape index (κ3) is 3.97. The molecule has 1 aromatic carbocycles. The Bertz CT molecular complexity index is 514. The molecule has 120 valence electrons. The van der Waals surface area contributed by atoms with E-state index in [9.17, 15) is 4.39 Å². The first-order chi connectivity index (χ1) is 10.7. The fourth-order valence-corrected chi connectivity index (χ4v) is 4.15. The van der Waals surface area contributed by atoms with Crippen LogP contribution in [0, 0.1) is 11.7 Å². The van der Waals surface area contributed by atoms with Crippen LogP contribution in [0.1, 0.15) is 44.1 Å². The molecule has 0 radical (unpaired) electrons. The second-order valence-corrected chi connectivity index (χ2v) is 7.04. The zero-order chi connectivity index (χ0) is 15.4. The molecular formula is C18H25FN2S. The van der Waals surface area contributed by atoms with E-state index in [-0.39, 0.29) is 5.82 Å². The summed E-state index contributed by atoms with van der Waals surface area (Å²) in [7, 11) is 0. The molecule has 0 spiro atoms. The number of nitrogens with zero attached hydrogens (tertiary/aromatic N) is 1. The molecule has 2 fully saturated rings. The van der Waals surface area contributed by atoms with Crippen molar-refractivity contribution in [2.75, 3.05) is 13.1 Å². The summed E-state index contributed by atoms with van der Waals surface area (Å²) in [6, 6.07) is 7.42. The van der Waals surface area contributed by atoms with E-state index >= 15 is 0 Å². The standard InChI is InChI=1S/C18H25FN2S/c19-16-8-4-7-15(11-16)9-10-21-17(13-20-18(21)22)12-14-5-2-1-3-6-14/h4,7-8,11,14,17H,1-3,5-6,9-10,12-13H2,(H,20,22)/t17-/m0/s1. The molecule has 1 aliphatic carbocycles. The minimum absolute atomic E-state index is 0.154. The van der Waals surface area contributed by atoms with E-state index in [1.165, 1.54) is 44.6 Å². The summed E-state index contributed by atoms with van der Waals surface area (Å²) in [6.45, 7) is 1.85. The molecule has 1 saturated heterocycles. The monoisotopic (exact) mass is 320 g/mol. The highest BCUT2D eigenvalue weighted by Gasteiger charge is 2.30. The zero-order valence-electron chi connectivity index (χ0n) is 13.1. The third-order valence-electron chi connectivity index (χ3n) is 5.05. The molecule has 1 aromatic rings. The fraction of sp³-hybridized carbons (Fsp3) is 0.611. The normalized spacial score (nSPS) is 22.9. The van der Waals surface area contributed by atoms with Crippen molar-refractivity contribution in [3.05, 3.63) is 35.6 Å². The number of halogens is 1. The van der Waals surface area contributed by atoms with Crippen LogP contribution in [-0.4, -0.2) is 29.1 Å². The minimum Gasteiger partial charge on any atom is -0.360 e. The number of thiocarbonyl (C=S) groups is 1. The highest BCUT2D eigenvalue weighted by atomic mass is 32.1. The molecule has 1 aliphatic heterocycles. The van der Waals surface area contributed by atoms with E-state index in [0.29, 0.717) is 6.04 Å². The van der Waals surface area contributed by atoms with E-state index in [4.69, 9.17) is 12.2 Å². The fourth-order valence-electron chi connectivity index (χ4n) is 3.83. The molecule has 1 saturated carbocycles. The van der Waals surface area contributed by atoms with Crippen molar-refractivity contribution < 1.29 is 4.39 Å². The molecule has 0 aromatic heterocycles. The lowest BCUT2D eigenvalue weighted by atomic mass is 9.84. The van der Waals surface area contributed by atoms with Crippen LogP contribution in [0.15, 0.2) is 24.3 Å². The Hall–Kier alpha value is -1.16. The van der Waals surface area contributed by atoms with Crippen molar-refractivity contribution in [1.82, 2.24) is 10.2 Å². The van der Waals surface area contributed by atoms with Crippen molar-refractivity contribution in [3.8, 4) is 0 Å². The van der Waals surface area contributed by atoms with Gasteiger partial charge in [0.05, 0.1) is 0 Å². The number of rotatable bonds is 5. The first-order valence-corrected chi connectivity index (χ1v) is 8.92. The smallest absolute Gasteiger partial charge is 0.169 e. The number of hydrogen-bond donors (Lipinski definition) is 1. The summed E-state index contributed by atoms with van der Waals surface area (Å²) in [5.41, 5.74) is 1.05. The van der Waals surface area contributed by atoms with Gasteiger partial charge in [-0.15, -0.1) is 0 Å². The van der Waals surface area contributed by atoms with Crippen LogP contribution in [-0.2, 0) is 6.42 Å². The highest BCUT2D eigenvalue weighted by Crippen LogP contribution is 2.29. The van der Waals surface area contributed by atoms with Gasteiger partial charge in [-0.2, -0.15) is 0 Å². The Morgan fingerprint density at radius 1 is 1.23 bits per heavy atom. The van der Waals surface area contributed by atoms with Crippen LogP contribution in [0.5, 0.6) is 0 Å². The Labute approximate surface area is 138 Å². The lowest BCUT2D eigenvalue weighted by molar-refractivity contribution is 0.252. The van der Waals surface area contributed by atoms with Gasteiger partial charge in [-0.05, 0) is 48.7 Å². The summed E-state index contributed by atoms with van der Waals surface area (Å²) in [5.74, 6) is 0.705. The molecule has 1 heterocycles. The van der Waals surface area contributed by atoms with Crippen molar-refractivity contribution in [1.29, 1.82) is 0 Å². The van der Waals surface area contributed by atoms with Gasteiger partial charge in [-0.25, -0.2) is 4.39 Å². The lowest BCUT2D eigenvalue weighted by Crippen LogP contribution is -2.37. The van der Waals surface area contributed by atoms with Gasteiger partial charge in [0.15, 0.2) is 5.11 Å². The summed E-state index contributed by atoms with van der Waals surface area (Å²) in [4.78, 5) is 2.33. The average Bonchev–Trinajstić information content (AvgIpc) is 2.87. The Morgan fingerprint density at radius 2 is 2.05 bits per heavy atom. The second-order valence-electron chi connectivity index (χ2n) is 6.65. The van der Waals surface area contributed by atoms with Crippen molar-refractivity contribution in [3.63, 3.8) is 0 Å². The third-order valence-corrected chi connectivity index (χ3v) is 5.43. The van der Waals surface area contributed by atoms with Crippen molar-refractivity contribution in [2.24, 2.45) is 5.92 Å². The van der Waals surface area contributed by atoms with Crippen LogP contribution >= 0.6 is 12.2 Å². The van der Waals surface area contributed by atoms with Gasteiger partial charge in [0.1, 0.15) is 5.82 Å². The predicted molar refractivity (Wildman–Crippen MR) is 92.4 cm³/mol. The number of benzene rings is 1. The van der Waals surface area contributed by atoms with Crippen LogP contribution in [0.2, 0.25) is 0 Å². The zero-order valence-corrected chi connectivity index (χ0v) is 13.9. The van der Waals surface area contributed by atoms with Crippen molar-refractivity contribution >= 4 is 17.3 Å². The molecule has 4 heteroatoms. The van der Waals surface area contributed by atoms with Gasteiger partial charge >= 0.3 is 0 Å². The molecule has 22 heavy (non-hydrogen) atoms. The quantitative estimate of drug-likeness (QED) is 0.829. The summed E-state index contributed by atoms with van der Waals surface area (Å²) < 4.78 is 13.3. The van der Waals surface area contributed by atoms with Gasteiger partial charge in [0.25, 0.3) is 0 Å². The molecule has 1 N–H and O–H groups in total. The summed E-state index contributed by atoms with van der Waals surface area (Å²) in [6.07, 6.45) is 9.03. The molecule has 2 aliphatic rings. The van der Waals surface area contributed by atoms with E-state index in [2.05, 4.69) is 10.2 Å². The van der Waals surface area contributed by atoms with E-state index < -0.39 is 0 Å². The maximum absolute atomic E-state index is 13.3. The SMILES string of the molecule is Fc1cccc(CCN2C(=S)NC[C@@H]2CC2CCCCC2)c1. The van der Waals surface area contributed by atoms with Gasteiger partial charge in [0.2, 0.25) is 0 Å². The molecular weight excluding hydrogens is 295 g/mol. The molecule has 0 unspecified atom stereocenters. The number of hydrogen-bond acceptors (Lipinski definition) is 1. The largest absolute Gasteiger partial charge is 0.360 e. The summed E-state index contributed by atoms with van der Waals surface area (Å²) >= 11 is 5.47. The Kier molecular flexibility index (Phi) is 5.29. The average molecular weight is 320 g/mol. The van der Waals surface area contributed by atoms with Crippen LogP contribution < -0.4 is 5.32 Å². The molecule has 0 bridgehead atoms. The van der Waals surface area contributed by atoms with Gasteiger partial charge in [-0.1, -0.05) is 44.2 Å². The first kappa shape index (κ1) is 15.7. The van der Waals surface area contributed by atoms with Crippen LogP contribution in [0.4, 0.5) is 4.39 Å². The maximum Gasteiger partial charge on any atom is 0.169 e. The number of nitrogens with one attached hydrogen (secondary N) is 1. The van der Waals surface area contributed by atoms with Crippen LogP contribution in [0.25, 0.3) is 0 Å². The molecule has 2 nitrogen and oxygen atoms in total. The lowest BCUT2D eigenvalue weighted by Gasteiger charge is -2.30. The van der Waals surface area contributed by atoms with Crippen molar-refractivity contribution in [2.45, 2.75) is 51.0 Å². The topological polar surface area (TPSA) is 15.3 Å². The van der Waals surface area contributed by atoms with Crippen LogP contribution in [0.3, 0.4) is 0 Å². The summed E-state index contributed by atoms with van der Waals surface area (Å²) in [5, 5.41) is 4.21. The van der Waals surface area contributed by atoms with Gasteiger partial charge in [0, 0.05) is 19.1 Å². The van der Waals surface area contributed by atoms with E-state index in [1.54, 1.807) is 12.1 Å². The van der Waals surface area contributed by atoms with Gasteiger partial charge < -0.3 is 10.2 Å². The van der Waals surface area contributed by atoms with Gasteiger partial charge in [-0.3, -0.25) is 0 Å². The van der Waals surface area contributed by atoms with E-state index in [0.717, 1.165) is 36.1 Å². The predicted octanol–water partition coefficient (Wildman–Crippen LogP) is 3.90. The highest BCUT2D eigenvalue weighted by molar-refractivity contribution is 7.80. The molecule has 1 atom stereocenters. The Balaban J connectivity index is 1.56. The second kappa shape index (κ2) is 7.40. The Morgan fingerprint density at radius 3 is 2.82 bits per heavy atom. The minimum atomic E-state index is -0.154. The van der Waals surface area contributed by atoms with E-state index in [1.807, 2.05) is 6.07 Å². The molecule has 0 amide bonds.